The summed E-state index contributed by atoms with van der Waals surface area (Å²) >= 11 is 0. The molecule has 1 aliphatic rings. The quantitative estimate of drug-likeness (QED) is 0.673. The molecular weight excluding hydrogens is 178 g/mol. The molecule has 1 heterocycles. The number of rotatable bonds is 5. The molecule has 0 saturated carbocycles. The van der Waals surface area contributed by atoms with Gasteiger partial charge in [0.25, 0.3) is 0 Å². The van der Waals surface area contributed by atoms with E-state index < -0.39 is 0 Å². The summed E-state index contributed by atoms with van der Waals surface area (Å²) in [5.41, 5.74) is -0.0471. The lowest BCUT2D eigenvalue weighted by Gasteiger charge is -2.50. The van der Waals surface area contributed by atoms with Crippen molar-refractivity contribution in [2.24, 2.45) is 0 Å². The predicted octanol–water partition coefficient (Wildman–Crippen LogP) is 1.52. The van der Waals surface area contributed by atoms with Gasteiger partial charge in [-0.1, -0.05) is 0 Å². The van der Waals surface area contributed by atoms with Crippen LogP contribution >= 0.6 is 0 Å². The van der Waals surface area contributed by atoms with Crippen molar-refractivity contribution in [3.05, 3.63) is 0 Å². The smallest absolute Gasteiger partial charge is 0.116 e. The predicted molar refractivity (Wildman–Crippen MR) is 57.5 cm³/mol. The molecule has 84 valence electrons. The van der Waals surface area contributed by atoms with Gasteiger partial charge in [0.05, 0.1) is 12.7 Å². The largest absolute Gasteiger partial charge is 0.376 e. The van der Waals surface area contributed by atoms with Gasteiger partial charge in [-0.3, -0.25) is 4.90 Å². The number of methoxy groups -OCH3 is 1. The average molecular weight is 201 g/mol. The van der Waals surface area contributed by atoms with Crippen LogP contribution in [0.4, 0.5) is 0 Å². The number of likely N-dealkylation sites (tertiary alicyclic amines) is 1. The van der Waals surface area contributed by atoms with Gasteiger partial charge in [-0.25, -0.2) is 0 Å². The van der Waals surface area contributed by atoms with Gasteiger partial charge in [-0.15, -0.1) is 0 Å². The van der Waals surface area contributed by atoms with E-state index in [1.54, 1.807) is 7.11 Å². The minimum atomic E-state index is -0.0471. The van der Waals surface area contributed by atoms with Gasteiger partial charge in [0.1, 0.15) is 5.60 Å². The van der Waals surface area contributed by atoms with Crippen LogP contribution in [-0.4, -0.2) is 49.5 Å². The molecule has 0 amide bonds. The van der Waals surface area contributed by atoms with Crippen LogP contribution in [0.2, 0.25) is 0 Å². The van der Waals surface area contributed by atoms with Crippen molar-refractivity contribution in [3.8, 4) is 0 Å². The lowest BCUT2D eigenvalue weighted by molar-refractivity contribution is -0.174. The van der Waals surface area contributed by atoms with E-state index in [4.69, 9.17) is 9.47 Å². The number of nitrogens with zero attached hydrogens (tertiary/aromatic N) is 1. The summed E-state index contributed by atoms with van der Waals surface area (Å²) in [7, 11) is 1.78. The summed E-state index contributed by atoms with van der Waals surface area (Å²) in [4.78, 5) is 2.40. The van der Waals surface area contributed by atoms with Crippen molar-refractivity contribution < 1.29 is 9.47 Å². The van der Waals surface area contributed by atoms with E-state index in [-0.39, 0.29) is 11.7 Å². The van der Waals surface area contributed by atoms with Gasteiger partial charge in [-0.05, 0) is 27.7 Å². The third kappa shape index (κ3) is 2.69. The molecule has 1 fully saturated rings. The SMILES string of the molecule is COC1(COC(C)C)CN(C(C)C)C1. The standard InChI is InChI=1S/C11H23NO2/c1-9(2)12-6-11(7-12,13-5)8-14-10(3)4/h9-10H,6-8H2,1-5H3. The molecule has 0 bridgehead atoms. The maximum atomic E-state index is 5.62. The van der Waals surface area contributed by atoms with Gasteiger partial charge < -0.3 is 9.47 Å². The van der Waals surface area contributed by atoms with Crippen LogP contribution in [0, 0.1) is 0 Å². The van der Waals surface area contributed by atoms with Crippen molar-refractivity contribution in [2.45, 2.75) is 45.4 Å². The van der Waals surface area contributed by atoms with Crippen molar-refractivity contribution in [1.29, 1.82) is 0 Å². The van der Waals surface area contributed by atoms with Gasteiger partial charge >= 0.3 is 0 Å². The van der Waals surface area contributed by atoms with Crippen LogP contribution in [0.5, 0.6) is 0 Å². The van der Waals surface area contributed by atoms with E-state index in [2.05, 4.69) is 32.6 Å². The molecule has 0 aliphatic carbocycles. The summed E-state index contributed by atoms with van der Waals surface area (Å²) in [6, 6.07) is 0.609. The molecule has 0 N–H and O–H groups in total. The Morgan fingerprint density at radius 1 is 1.21 bits per heavy atom. The van der Waals surface area contributed by atoms with Crippen LogP contribution in [0.15, 0.2) is 0 Å². The van der Waals surface area contributed by atoms with Crippen LogP contribution in [0.1, 0.15) is 27.7 Å². The van der Waals surface area contributed by atoms with E-state index in [9.17, 15) is 0 Å². The summed E-state index contributed by atoms with van der Waals surface area (Å²) in [6.45, 7) is 11.2. The summed E-state index contributed by atoms with van der Waals surface area (Å²) in [6.07, 6.45) is 0.287. The zero-order chi connectivity index (χ0) is 10.8. The molecular formula is C11H23NO2. The molecule has 0 aromatic rings. The summed E-state index contributed by atoms with van der Waals surface area (Å²) in [5.74, 6) is 0. The highest BCUT2D eigenvalue weighted by Gasteiger charge is 2.44. The highest BCUT2D eigenvalue weighted by atomic mass is 16.5. The van der Waals surface area contributed by atoms with Crippen LogP contribution < -0.4 is 0 Å². The topological polar surface area (TPSA) is 21.7 Å². The number of hydrogen-bond donors (Lipinski definition) is 0. The number of ether oxygens (including phenoxy) is 2. The first-order valence-electron chi connectivity index (χ1n) is 5.40. The first-order valence-corrected chi connectivity index (χ1v) is 5.40. The maximum absolute atomic E-state index is 5.62. The van der Waals surface area contributed by atoms with Crippen LogP contribution in [-0.2, 0) is 9.47 Å². The Labute approximate surface area is 87.4 Å². The molecule has 0 aromatic heterocycles. The average Bonchev–Trinajstić information content (AvgIpc) is 2.02. The maximum Gasteiger partial charge on any atom is 0.116 e. The van der Waals surface area contributed by atoms with Crippen molar-refractivity contribution in [1.82, 2.24) is 4.90 Å². The Balaban J connectivity index is 2.33. The van der Waals surface area contributed by atoms with Crippen LogP contribution in [0.25, 0.3) is 0 Å². The fourth-order valence-corrected chi connectivity index (χ4v) is 1.66. The van der Waals surface area contributed by atoms with E-state index >= 15 is 0 Å². The van der Waals surface area contributed by atoms with Crippen molar-refractivity contribution >= 4 is 0 Å². The minimum Gasteiger partial charge on any atom is -0.376 e. The Morgan fingerprint density at radius 3 is 2.14 bits per heavy atom. The molecule has 1 rings (SSSR count). The monoisotopic (exact) mass is 201 g/mol. The first-order chi connectivity index (χ1) is 6.49. The summed E-state index contributed by atoms with van der Waals surface area (Å²) in [5, 5.41) is 0. The normalized spacial score (nSPS) is 21.6. The molecule has 0 unspecified atom stereocenters. The molecule has 3 nitrogen and oxygen atoms in total. The third-order valence-corrected chi connectivity index (χ3v) is 2.83. The van der Waals surface area contributed by atoms with Gasteiger partial charge in [0.2, 0.25) is 0 Å². The minimum absolute atomic E-state index is 0.0471. The lowest BCUT2D eigenvalue weighted by Crippen LogP contribution is -2.66. The second kappa shape index (κ2) is 4.60. The van der Waals surface area contributed by atoms with Gasteiger partial charge in [0, 0.05) is 26.2 Å². The van der Waals surface area contributed by atoms with Crippen LogP contribution in [0.3, 0.4) is 0 Å². The molecule has 1 aliphatic heterocycles. The lowest BCUT2D eigenvalue weighted by atomic mass is 9.93. The Morgan fingerprint density at radius 2 is 1.79 bits per heavy atom. The highest BCUT2D eigenvalue weighted by Crippen LogP contribution is 2.27. The fourth-order valence-electron chi connectivity index (χ4n) is 1.66. The molecule has 3 heteroatoms. The van der Waals surface area contributed by atoms with E-state index in [0.717, 1.165) is 13.1 Å². The second-order valence-electron chi connectivity index (χ2n) is 4.75. The van der Waals surface area contributed by atoms with E-state index in [1.807, 2.05) is 0 Å². The highest BCUT2D eigenvalue weighted by molar-refractivity contribution is 4.98. The third-order valence-electron chi connectivity index (χ3n) is 2.83. The van der Waals surface area contributed by atoms with Gasteiger partial charge in [-0.2, -0.15) is 0 Å². The van der Waals surface area contributed by atoms with Gasteiger partial charge in [0.15, 0.2) is 0 Å². The zero-order valence-corrected chi connectivity index (χ0v) is 10.0. The molecule has 1 saturated heterocycles. The second-order valence-corrected chi connectivity index (χ2v) is 4.75. The Kier molecular flexibility index (Phi) is 3.93. The zero-order valence-electron chi connectivity index (χ0n) is 10.0. The van der Waals surface area contributed by atoms with E-state index in [0.29, 0.717) is 12.6 Å². The molecule has 0 spiro atoms. The van der Waals surface area contributed by atoms with Crippen molar-refractivity contribution in [3.63, 3.8) is 0 Å². The molecule has 0 aromatic carbocycles. The Hall–Kier alpha value is -0.120. The molecule has 0 atom stereocenters. The molecule has 14 heavy (non-hydrogen) atoms. The van der Waals surface area contributed by atoms with E-state index in [1.165, 1.54) is 0 Å². The van der Waals surface area contributed by atoms with Crippen molar-refractivity contribution in [2.75, 3.05) is 26.8 Å². The fraction of sp³-hybridized carbons (Fsp3) is 1.00. The number of hydrogen-bond acceptors (Lipinski definition) is 3. The molecule has 0 radical (unpaired) electrons. The first kappa shape index (κ1) is 12.0. The summed E-state index contributed by atoms with van der Waals surface area (Å²) < 4.78 is 11.2. The Bertz CT molecular complexity index is 169.